The van der Waals surface area contributed by atoms with Gasteiger partial charge in [-0.05, 0) is 53.5 Å². The summed E-state index contributed by atoms with van der Waals surface area (Å²) in [5.74, 6) is 0.547. The molecule has 0 bridgehead atoms. The Morgan fingerprint density at radius 3 is 3.07 bits per heavy atom. The summed E-state index contributed by atoms with van der Waals surface area (Å²) in [6.07, 6.45) is 6.18. The van der Waals surface area contributed by atoms with E-state index in [0.717, 1.165) is 22.3 Å². The van der Waals surface area contributed by atoms with Crippen LogP contribution in [0, 0.1) is 3.57 Å². The number of piperidine rings is 1. The van der Waals surface area contributed by atoms with Crippen molar-refractivity contribution in [2.24, 2.45) is 0 Å². The highest BCUT2D eigenvalue weighted by molar-refractivity contribution is 14.1. The van der Waals surface area contributed by atoms with Crippen molar-refractivity contribution < 1.29 is 0 Å². The molecule has 0 radical (unpaired) electrons. The summed E-state index contributed by atoms with van der Waals surface area (Å²) in [4.78, 5) is 4.20. The van der Waals surface area contributed by atoms with Gasteiger partial charge < -0.3 is 11.1 Å². The monoisotopic (exact) mass is 303 g/mol. The number of hydrogen-bond acceptors (Lipinski definition) is 3. The van der Waals surface area contributed by atoms with Crippen LogP contribution in [-0.4, -0.2) is 18.1 Å². The van der Waals surface area contributed by atoms with E-state index >= 15 is 0 Å². The highest BCUT2D eigenvalue weighted by atomic mass is 127. The van der Waals surface area contributed by atoms with Crippen LogP contribution in [0.25, 0.3) is 0 Å². The Morgan fingerprint density at radius 2 is 2.36 bits per heavy atom. The predicted octanol–water partition coefficient (Wildman–Crippen LogP) is 1.74. The summed E-state index contributed by atoms with van der Waals surface area (Å²) < 4.78 is 1.06. The molecule has 2 rings (SSSR count). The van der Waals surface area contributed by atoms with Gasteiger partial charge in [-0.25, -0.2) is 0 Å². The molecule has 1 unspecified atom stereocenters. The van der Waals surface area contributed by atoms with Gasteiger partial charge in [0, 0.05) is 18.9 Å². The fourth-order valence-corrected chi connectivity index (χ4v) is 2.37. The number of anilines is 1. The fourth-order valence-electron chi connectivity index (χ4n) is 1.90. The third-order valence-corrected chi connectivity index (χ3v) is 3.57. The number of nitrogens with one attached hydrogen (secondary N) is 1. The maximum absolute atomic E-state index is 6.04. The molecule has 3 nitrogen and oxygen atoms in total. The van der Waals surface area contributed by atoms with Gasteiger partial charge in [-0.1, -0.05) is 0 Å². The minimum atomic E-state index is 0.547. The molecule has 4 heteroatoms. The number of nitrogens with two attached hydrogens (primary N) is 1. The average Bonchev–Trinajstić information content (AvgIpc) is 2.23. The zero-order valence-corrected chi connectivity index (χ0v) is 10.1. The van der Waals surface area contributed by atoms with Crippen molar-refractivity contribution in [2.75, 3.05) is 18.8 Å². The van der Waals surface area contributed by atoms with Crippen LogP contribution in [0.15, 0.2) is 12.4 Å². The predicted molar refractivity (Wildman–Crippen MR) is 66.2 cm³/mol. The molecular weight excluding hydrogens is 289 g/mol. The molecule has 1 aliphatic heterocycles. The second-order valence-corrected chi connectivity index (χ2v) is 4.83. The molecule has 1 aromatic rings. The van der Waals surface area contributed by atoms with Crippen LogP contribution in [0.5, 0.6) is 0 Å². The number of rotatable bonds is 1. The third kappa shape index (κ3) is 2.00. The van der Waals surface area contributed by atoms with E-state index in [2.05, 4.69) is 32.9 Å². The lowest BCUT2D eigenvalue weighted by molar-refractivity contribution is 0.461. The number of pyridine rings is 1. The number of hydrogen-bond donors (Lipinski definition) is 2. The zero-order chi connectivity index (χ0) is 9.97. The summed E-state index contributed by atoms with van der Waals surface area (Å²) in [5, 5.41) is 3.39. The van der Waals surface area contributed by atoms with Gasteiger partial charge in [0.25, 0.3) is 0 Å². The Balaban J connectivity index is 2.26. The number of nitrogens with zero attached hydrogens (tertiary/aromatic N) is 1. The Hall–Kier alpha value is -0.360. The van der Waals surface area contributed by atoms with E-state index in [4.69, 9.17) is 5.73 Å². The van der Waals surface area contributed by atoms with Crippen LogP contribution < -0.4 is 11.1 Å². The van der Waals surface area contributed by atoms with Gasteiger partial charge in [0.1, 0.15) is 0 Å². The van der Waals surface area contributed by atoms with Crippen LogP contribution in [0.2, 0.25) is 0 Å². The van der Waals surface area contributed by atoms with Crippen LogP contribution in [0.3, 0.4) is 0 Å². The smallest absolute Gasteiger partial charge is 0.0546 e. The minimum Gasteiger partial charge on any atom is -0.398 e. The molecule has 76 valence electrons. The molecule has 0 spiro atoms. The second-order valence-electron chi connectivity index (χ2n) is 3.67. The maximum Gasteiger partial charge on any atom is 0.0546 e. The van der Waals surface area contributed by atoms with E-state index in [-0.39, 0.29) is 0 Å². The van der Waals surface area contributed by atoms with Crippen molar-refractivity contribution in [1.82, 2.24) is 10.3 Å². The molecule has 14 heavy (non-hydrogen) atoms. The molecule has 1 fully saturated rings. The van der Waals surface area contributed by atoms with Crippen LogP contribution in [0.1, 0.15) is 24.3 Å². The maximum atomic E-state index is 6.04. The van der Waals surface area contributed by atoms with Gasteiger partial charge in [-0.3, -0.25) is 4.98 Å². The van der Waals surface area contributed by atoms with Crippen LogP contribution in [0.4, 0.5) is 5.69 Å². The zero-order valence-electron chi connectivity index (χ0n) is 7.96. The molecule has 0 amide bonds. The quantitative estimate of drug-likeness (QED) is 0.777. The Bertz CT molecular complexity index is 321. The third-order valence-electron chi connectivity index (χ3n) is 2.71. The molecule has 2 heterocycles. The number of halogens is 1. The van der Waals surface area contributed by atoms with Crippen molar-refractivity contribution in [1.29, 1.82) is 0 Å². The van der Waals surface area contributed by atoms with E-state index in [9.17, 15) is 0 Å². The first-order valence-electron chi connectivity index (χ1n) is 4.88. The minimum absolute atomic E-state index is 0.547. The van der Waals surface area contributed by atoms with Crippen molar-refractivity contribution in [3.8, 4) is 0 Å². The summed E-state index contributed by atoms with van der Waals surface area (Å²) in [5.41, 5.74) is 8.16. The second kappa shape index (κ2) is 4.44. The van der Waals surface area contributed by atoms with Crippen molar-refractivity contribution in [3.05, 3.63) is 21.5 Å². The largest absolute Gasteiger partial charge is 0.398 e. The summed E-state index contributed by atoms with van der Waals surface area (Å²) in [6.45, 7) is 2.17. The lowest BCUT2D eigenvalue weighted by Crippen LogP contribution is -2.29. The molecule has 0 saturated carbocycles. The van der Waals surface area contributed by atoms with Crippen molar-refractivity contribution in [2.45, 2.75) is 18.8 Å². The van der Waals surface area contributed by atoms with Crippen LogP contribution >= 0.6 is 22.6 Å². The molecule has 0 aliphatic carbocycles. The molecule has 3 N–H and O–H groups in total. The average molecular weight is 303 g/mol. The normalized spacial score (nSPS) is 22.2. The van der Waals surface area contributed by atoms with Crippen LogP contribution in [-0.2, 0) is 0 Å². The SMILES string of the molecule is Nc1c(I)cncc1C1CCCNC1. The standard InChI is InChI=1S/C10H14IN3/c11-9-6-14-5-8(10(9)12)7-2-1-3-13-4-7/h5-7,13H,1-4H2,(H2,12,14). The summed E-state index contributed by atoms with van der Waals surface area (Å²) >= 11 is 2.24. The first-order chi connectivity index (χ1) is 6.79. The van der Waals surface area contributed by atoms with E-state index in [1.165, 1.54) is 18.4 Å². The van der Waals surface area contributed by atoms with Crippen molar-refractivity contribution >= 4 is 28.3 Å². The first kappa shape index (κ1) is 10.2. The van der Waals surface area contributed by atoms with Gasteiger partial charge in [-0.2, -0.15) is 0 Å². The lowest BCUT2D eigenvalue weighted by atomic mass is 9.92. The lowest BCUT2D eigenvalue weighted by Gasteiger charge is -2.24. The van der Waals surface area contributed by atoms with E-state index in [1.54, 1.807) is 0 Å². The Morgan fingerprint density at radius 1 is 1.50 bits per heavy atom. The molecule has 1 atom stereocenters. The topological polar surface area (TPSA) is 50.9 Å². The van der Waals surface area contributed by atoms with Crippen molar-refractivity contribution in [3.63, 3.8) is 0 Å². The Kier molecular flexibility index (Phi) is 3.22. The first-order valence-corrected chi connectivity index (χ1v) is 5.96. The van der Waals surface area contributed by atoms with Gasteiger partial charge in [0.2, 0.25) is 0 Å². The molecule has 1 saturated heterocycles. The molecule has 1 aliphatic rings. The highest BCUT2D eigenvalue weighted by Gasteiger charge is 2.18. The van der Waals surface area contributed by atoms with Gasteiger partial charge >= 0.3 is 0 Å². The van der Waals surface area contributed by atoms with E-state index in [1.807, 2.05) is 12.4 Å². The molecule has 0 aromatic carbocycles. The van der Waals surface area contributed by atoms with E-state index in [0.29, 0.717) is 5.92 Å². The number of aromatic nitrogens is 1. The Labute approximate surface area is 97.6 Å². The molecule has 1 aromatic heterocycles. The fraction of sp³-hybridized carbons (Fsp3) is 0.500. The van der Waals surface area contributed by atoms with Gasteiger partial charge in [-0.15, -0.1) is 0 Å². The van der Waals surface area contributed by atoms with Gasteiger partial charge in [0.15, 0.2) is 0 Å². The van der Waals surface area contributed by atoms with Gasteiger partial charge in [0.05, 0.1) is 9.26 Å². The highest BCUT2D eigenvalue weighted by Crippen LogP contribution is 2.29. The molecular formula is C10H14IN3. The summed E-state index contributed by atoms with van der Waals surface area (Å²) in [6, 6.07) is 0. The summed E-state index contributed by atoms with van der Waals surface area (Å²) in [7, 11) is 0. The van der Waals surface area contributed by atoms with E-state index < -0.39 is 0 Å². The number of nitrogen functional groups attached to an aromatic ring is 1.